The summed E-state index contributed by atoms with van der Waals surface area (Å²) in [4.78, 5) is 40.7. The van der Waals surface area contributed by atoms with Crippen LogP contribution in [-0.2, 0) is 6.54 Å². The molecule has 10 heteroatoms. The number of hydrogen-bond donors (Lipinski definition) is 4. The van der Waals surface area contributed by atoms with Gasteiger partial charge in [-0.3, -0.25) is 14.2 Å². The predicted molar refractivity (Wildman–Crippen MR) is 117 cm³/mol. The first-order chi connectivity index (χ1) is 15.5. The number of aromatic amines is 1. The lowest BCUT2D eigenvalue weighted by Gasteiger charge is -2.07. The number of nitrogen functional groups attached to an aromatic ring is 1. The Kier molecular flexibility index (Phi) is 4.52. The second-order valence-corrected chi connectivity index (χ2v) is 7.10. The van der Waals surface area contributed by atoms with Crippen molar-refractivity contribution in [3.8, 4) is 11.4 Å². The first kappa shape index (κ1) is 19.2. The molecule has 0 spiro atoms. The summed E-state index contributed by atoms with van der Waals surface area (Å²) in [6, 6.07) is 13.9. The maximum atomic E-state index is 13.0. The van der Waals surface area contributed by atoms with Crippen LogP contribution in [0.1, 0.15) is 26.4 Å². The van der Waals surface area contributed by atoms with Gasteiger partial charge in [-0.25, -0.2) is 14.8 Å². The molecule has 5 rings (SSSR count). The van der Waals surface area contributed by atoms with Crippen LogP contribution in [0.5, 0.6) is 0 Å². The van der Waals surface area contributed by atoms with Crippen molar-refractivity contribution in [1.82, 2.24) is 29.7 Å². The summed E-state index contributed by atoms with van der Waals surface area (Å²) >= 11 is 0. The SMILES string of the molecule is Nc1nc2ccc(CNC(=O)c3cccn4c(C(=O)O)c(-c5ccccn5)nc34)cc2[nH]1. The molecule has 32 heavy (non-hydrogen) atoms. The van der Waals surface area contributed by atoms with E-state index in [2.05, 4.69) is 25.3 Å². The van der Waals surface area contributed by atoms with Gasteiger partial charge in [-0.05, 0) is 42.0 Å². The topological polar surface area (TPSA) is 151 Å². The van der Waals surface area contributed by atoms with Crippen LogP contribution in [0.15, 0.2) is 60.9 Å². The van der Waals surface area contributed by atoms with Gasteiger partial charge in [0.25, 0.3) is 5.91 Å². The maximum Gasteiger partial charge on any atom is 0.355 e. The maximum absolute atomic E-state index is 13.0. The summed E-state index contributed by atoms with van der Waals surface area (Å²) in [6.45, 7) is 0.258. The second-order valence-electron chi connectivity index (χ2n) is 7.10. The lowest BCUT2D eigenvalue weighted by Crippen LogP contribution is -2.23. The molecule has 0 saturated heterocycles. The molecule has 0 atom stereocenters. The molecular weight excluding hydrogens is 410 g/mol. The van der Waals surface area contributed by atoms with Crippen LogP contribution in [-0.4, -0.2) is 41.3 Å². The Balaban J connectivity index is 1.49. The zero-order chi connectivity index (χ0) is 22.2. The predicted octanol–water partition coefficient (Wildman–Crippen LogP) is 2.48. The summed E-state index contributed by atoms with van der Waals surface area (Å²) in [5, 5.41) is 12.6. The first-order valence-electron chi connectivity index (χ1n) is 9.69. The summed E-state index contributed by atoms with van der Waals surface area (Å²) in [5.74, 6) is -1.22. The van der Waals surface area contributed by atoms with Crippen molar-refractivity contribution in [2.75, 3.05) is 5.73 Å². The van der Waals surface area contributed by atoms with Crippen molar-refractivity contribution in [1.29, 1.82) is 0 Å². The van der Waals surface area contributed by atoms with E-state index in [0.717, 1.165) is 16.6 Å². The highest BCUT2D eigenvalue weighted by Crippen LogP contribution is 2.24. The zero-order valence-electron chi connectivity index (χ0n) is 16.6. The van der Waals surface area contributed by atoms with Gasteiger partial charge in [0, 0.05) is 18.9 Å². The molecular formula is C22H17N7O3. The van der Waals surface area contributed by atoms with Gasteiger partial charge < -0.3 is 21.1 Å². The minimum atomic E-state index is -1.16. The quantitative estimate of drug-likeness (QED) is 0.336. The standard InChI is InChI=1S/C22H17N7O3/c23-22-26-14-7-6-12(10-16(14)27-22)11-25-20(30)13-4-3-9-29-18(21(31)32)17(28-19(13)29)15-5-1-2-8-24-15/h1-10H,11H2,(H,25,30)(H,31,32)(H3,23,26,27). The molecule has 1 amide bonds. The fourth-order valence-corrected chi connectivity index (χ4v) is 3.59. The fraction of sp³-hybridized carbons (Fsp3) is 0.0455. The number of aromatic nitrogens is 5. The zero-order valence-corrected chi connectivity index (χ0v) is 16.6. The van der Waals surface area contributed by atoms with Crippen LogP contribution in [0.25, 0.3) is 28.1 Å². The number of nitrogens with one attached hydrogen (secondary N) is 2. The van der Waals surface area contributed by atoms with Gasteiger partial charge in [0.15, 0.2) is 17.3 Å². The number of amides is 1. The van der Waals surface area contributed by atoms with Gasteiger partial charge in [-0.2, -0.15) is 0 Å². The van der Waals surface area contributed by atoms with Crippen LogP contribution >= 0.6 is 0 Å². The van der Waals surface area contributed by atoms with Crippen molar-refractivity contribution < 1.29 is 14.7 Å². The lowest BCUT2D eigenvalue weighted by molar-refractivity contribution is 0.0689. The molecule has 5 aromatic rings. The second kappa shape index (κ2) is 7.51. The summed E-state index contributed by atoms with van der Waals surface area (Å²) in [7, 11) is 0. The molecule has 0 saturated carbocycles. The van der Waals surface area contributed by atoms with E-state index in [1.54, 1.807) is 42.7 Å². The van der Waals surface area contributed by atoms with Crippen LogP contribution < -0.4 is 11.1 Å². The third kappa shape index (κ3) is 3.29. The number of nitrogens with two attached hydrogens (primary N) is 1. The van der Waals surface area contributed by atoms with Crippen molar-refractivity contribution in [2.45, 2.75) is 6.54 Å². The van der Waals surface area contributed by atoms with Gasteiger partial charge in [-0.15, -0.1) is 0 Å². The number of carboxylic acid groups (broad SMARTS) is 1. The summed E-state index contributed by atoms with van der Waals surface area (Å²) in [6.07, 6.45) is 3.12. The third-order valence-electron chi connectivity index (χ3n) is 5.02. The van der Waals surface area contributed by atoms with Crippen molar-refractivity contribution >= 4 is 34.5 Å². The highest BCUT2D eigenvalue weighted by molar-refractivity contribution is 6.02. The normalized spacial score (nSPS) is 11.1. The lowest BCUT2D eigenvalue weighted by atomic mass is 10.2. The molecule has 1 aromatic carbocycles. The number of benzene rings is 1. The number of rotatable bonds is 5. The number of fused-ring (bicyclic) bond motifs is 2. The third-order valence-corrected chi connectivity index (χ3v) is 5.02. The molecule has 0 radical (unpaired) electrons. The number of imidazole rings is 2. The summed E-state index contributed by atoms with van der Waals surface area (Å²) < 4.78 is 1.39. The number of pyridine rings is 2. The molecule has 0 aliphatic heterocycles. The average Bonchev–Trinajstić information content (AvgIpc) is 3.37. The van der Waals surface area contributed by atoms with E-state index in [-0.39, 0.29) is 35.1 Å². The minimum Gasteiger partial charge on any atom is -0.476 e. The Morgan fingerprint density at radius 3 is 2.78 bits per heavy atom. The van der Waals surface area contributed by atoms with Gasteiger partial charge in [0.2, 0.25) is 0 Å². The van der Waals surface area contributed by atoms with E-state index in [1.807, 2.05) is 18.2 Å². The van der Waals surface area contributed by atoms with Crippen molar-refractivity contribution in [3.63, 3.8) is 0 Å². The van der Waals surface area contributed by atoms with Crippen molar-refractivity contribution in [2.24, 2.45) is 0 Å². The Bertz CT molecular complexity index is 1490. The number of H-pyrrole nitrogens is 1. The van der Waals surface area contributed by atoms with Crippen LogP contribution in [0.3, 0.4) is 0 Å². The van der Waals surface area contributed by atoms with Crippen LogP contribution in [0.4, 0.5) is 5.95 Å². The fourth-order valence-electron chi connectivity index (χ4n) is 3.59. The average molecular weight is 427 g/mol. The number of carbonyl (C=O) groups is 2. The molecule has 10 nitrogen and oxygen atoms in total. The van der Waals surface area contributed by atoms with E-state index in [4.69, 9.17) is 5.73 Å². The van der Waals surface area contributed by atoms with E-state index in [9.17, 15) is 14.7 Å². The molecule has 5 N–H and O–H groups in total. The molecule has 4 heterocycles. The smallest absolute Gasteiger partial charge is 0.355 e. The Morgan fingerprint density at radius 1 is 1.12 bits per heavy atom. The molecule has 0 aliphatic carbocycles. The number of nitrogens with zero attached hydrogens (tertiary/aromatic N) is 4. The Hall–Kier alpha value is -4.73. The minimum absolute atomic E-state index is 0.0596. The highest BCUT2D eigenvalue weighted by atomic mass is 16.4. The van der Waals surface area contributed by atoms with E-state index < -0.39 is 5.97 Å². The van der Waals surface area contributed by atoms with Crippen LogP contribution in [0.2, 0.25) is 0 Å². The number of carboxylic acids is 1. The van der Waals surface area contributed by atoms with E-state index in [0.29, 0.717) is 11.6 Å². The molecule has 158 valence electrons. The number of anilines is 1. The number of carbonyl (C=O) groups excluding carboxylic acids is 1. The molecule has 0 bridgehead atoms. The van der Waals surface area contributed by atoms with Gasteiger partial charge >= 0.3 is 5.97 Å². The largest absolute Gasteiger partial charge is 0.476 e. The molecule has 0 fully saturated rings. The monoisotopic (exact) mass is 427 g/mol. The van der Waals surface area contributed by atoms with Gasteiger partial charge in [-0.1, -0.05) is 12.1 Å². The first-order valence-corrected chi connectivity index (χ1v) is 9.69. The van der Waals surface area contributed by atoms with E-state index in [1.165, 1.54) is 4.40 Å². The summed E-state index contributed by atoms with van der Waals surface area (Å²) in [5.41, 5.74) is 9.08. The van der Waals surface area contributed by atoms with Crippen LogP contribution in [0, 0.1) is 0 Å². The van der Waals surface area contributed by atoms with Crippen molar-refractivity contribution in [3.05, 3.63) is 77.7 Å². The Labute approximate surface area is 180 Å². The Morgan fingerprint density at radius 2 is 2.00 bits per heavy atom. The van der Waals surface area contributed by atoms with Gasteiger partial charge in [0.05, 0.1) is 22.3 Å². The number of aromatic carboxylic acids is 1. The molecule has 0 aliphatic rings. The van der Waals surface area contributed by atoms with Gasteiger partial charge in [0.1, 0.15) is 5.69 Å². The molecule has 4 aromatic heterocycles. The van der Waals surface area contributed by atoms with E-state index >= 15 is 0 Å². The molecule has 0 unspecified atom stereocenters. The highest BCUT2D eigenvalue weighted by Gasteiger charge is 2.23. The number of hydrogen-bond acceptors (Lipinski definition) is 6.